The van der Waals surface area contributed by atoms with Gasteiger partial charge in [0.2, 0.25) is 5.91 Å². The number of aromatic carboxylic acids is 1. The van der Waals surface area contributed by atoms with E-state index in [2.05, 4.69) is 5.32 Å². The van der Waals surface area contributed by atoms with Crippen molar-refractivity contribution >= 4 is 34.9 Å². The molecular formula is C15H13ClN2O3. The highest BCUT2D eigenvalue weighted by atomic mass is 35.5. The van der Waals surface area contributed by atoms with Crippen LogP contribution in [0.25, 0.3) is 0 Å². The maximum atomic E-state index is 11.1. The quantitative estimate of drug-likeness (QED) is 0.808. The van der Waals surface area contributed by atoms with Gasteiger partial charge >= 0.3 is 5.97 Å². The summed E-state index contributed by atoms with van der Waals surface area (Å²) in [5.74, 6) is -1.56. The molecule has 6 heteroatoms. The molecule has 0 heterocycles. The summed E-state index contributed by atoms with van der Waals surface area (Å²) < 4.78 is 0. The molecule has 0 atom stereocenters. The van der Waals surface area contributed by atoms with E-state index in [1.54, 1.807) is 31.2 Å². The molecule has 2 aromatic rings. The maximum absolute atomic E-state index is 11.1. The normalized spacial score (nSPS) is 10.2. The Bertz CT molecular complexity index is 729. The molecule has 0 saturated carbocycles. The van der Waals surface area contributed by atoms with Gasteiger partial charge in [-0.2, -0.15) is 0 Å². The highest BCUT2D eigenvalue weighted by molar-refractivity contribution is 6.33. The summed E-state index contributed by atoms with van der Waals surface area (Å²) in [6, 6.07) is 9.59. The first-order chi connectivity index (χ1) is 9.88. The summed E-state index contributed by atoms with van der Waals surface area (Å²) in [4.78, 5) is 22.2. The number of benzene rings is 2. The highest BCUT2D eigenvalue weighted by Gasteiger charge is 2.10. The van der Waals surface area contributed by atoms with Crippen LogP contribution in [0.5, 0.6) is 0 Å². The topological polar surface area (TPSA) is 92.4 Å². The van der Waals surface area contributed by atoms with Crippen LogP contribution in [-0.2, 0) is 0 Å². The number of hydrogen-bond donors (Lipinski definition) is 3. The van der Waals surface area contributed by atoms with Crippen LogP contribution in [0.3, 0.4) is 0 Å². The fraction of sp³-hybridized carbons (Fsp3) is 0.0667. The Morgan fingerprint density at radius 3 is 2.48 bits per heavy atom. The van der Waals surface area contributed by atoms with Crippen LogP contribution in [0.4, 0.5) is 11.4 Å². The number of hydrogen-bond acceptors (Lipinski definition) is 3. The Kier molecular flexibility index (Phi) is 4.14. The van der Waals surface area contributed by atoms with Gasteiger partial charge in [0, 0.05) is 11.3 Å². The number of halogens is 1. The minimum absolute atomic E-state index is 0.213. The van der Waals surface area contributed by atoms with Crippen LogP contribution in [0.1, 0.15) is 26.3 Å². The zero-order valence-electron chi connectivity index (χ0n) is 11.2. The Labute approximate surface area is 126 Å². The van der Waals surface area contributed by atoms with Crippen molar-refractivity contribution in [3.63, 3.8) is 0 Å². The van der Waals surface area contributed by atoms with Gasteiger partial charge in [0.15, 0.2) is 0 Å². The van der Waals surface area contributed by atoms with Crippen LogP contribution in [0, 0.1) is 6.92 Å². The Morgan fingerprint density at radius 2 is 1.90 bits per heavy atom. The second kappa shape index (κ2) is 5.85. The van der Waals surface area contributed by atoms with E-state index >= 15 is 0 Å². The Morgan fingerprint density at radius 1 is 1.19 bits per heavy atom. The number of amides is 1. The van der Waals surface area contributed by atoms with Crippen molar-refractivity contribution in [2.24, 2.45) is 5.73 Å². The lowest BCUT2D eigenvalue weighted by molar-refractivity contribution is 0.0696. The van der Waals surface area contributed by atoms with Crippen molar-refractivity contribution in [2.75, 3.05) is 5.32 Å². The van der Waals surface area contributed by atoms with E-state index in [1.807, 2.05) is 0 Å². The molecule has 2 rings (SSSR count). The van der Waals surface area contributed by atoms with E-state index in [1.165, 1.54) is 12.1 Å². The molecule has 2 aromatic carbocycles. The molecule has 0 bridgehead atoms. The largest absolute Gasteiger partial charge is 0.478 e. The van der Waals surface area contributed by atoms with E-state index in [0.29, 0.717) is 27.5 Å². The first kappa shape index (κ1) is 14.9. The third-order valence-corrected chi connectivity index (χ3v) is 3.31. The average Bonchev–Trinajstić information content (AvgIpc) is 2.42. The lowest BCUT2D eigenvalue weighted by Crippen LogP contribution is -2.10. The van der Waals surface area contributed by atoms with E-state index in [4.69, 9.17) is 22.4 Å². The Hall–Kier alpha value is -2.53. The van der Waals surface area contributed by atoms with Gasteiger partial charge in [-0.25, -0.2) is 4.79 Å². The van der Waals surface area contributed by atoms with E-state index in [9.17, 15) is 9.59 Å². The van der Waals surface area contributed by atoms with Crippen molar-refractivity contribution in [3.8, 4) is 0 Å². The predicted molar refractivity (Wildman–Crippen MR) is 81.4 cm³/mol. The first-order valence-corrected chi connectivity index (χ1v) is 6.46. The van der Waals surface area contributed by atoms with Crippen molar-refractivity contribution in [3.05, 3.63) is 58.1 Å². The summed E-state index contributed by atoms with van der Waals surface area (Å²) in [5, 5.41) is 12.4. The molecule has 21 heavy (non-hydrogen) atoms. The van der Waals surface area contributed by atoms with Gasteiger partial charge in [-0.15, -0.1) is 0 Å². The first-order valence-electron chi connectivity index (χ1n) is 6.09. The zero-order chi connectivity index (χ0) is 15.6. The van der Waals surface area contributed by atoms with Crippen molar-refractivity contribution in [2.45, 2.75) is 6.92 Å². The monoisotopic (exact) mass is 304 g/mol. The van der Waals surface area contributed by atoms with E-state index < -0.39 is 11.9 Å². The number of rotatable bonds is 4. The molecule has 4 N–H and O–H groups in total. The number of carbonyl (C=O) groups excluding carboxylic acids is 1. The van der Waals surface area contributed by atoms with Crippen molar-refractivity contribution in [1.82, 2.24) is 0 Å². The van der Waals surface area contributed by atoms with Gasteiger partial charge in [-0.1, -0.05) is 17.7 Å². The second-order valence-electron chi connectivity index (χ2n) is 4.52. The number of nitrogens with one attached hydrogen (secondary N) is 1. The molecule has 0 aliphatic rings. The average molecular weight is 305 g/mol. The van der Waals surface area contributed by atoms with Gasteiger partial charge in [-0.3, -0.25) is 4.79 Å². The van der Waals surface area contributed by atoms with Gasteiger partial charge in [0.1, 0.15) is 0 Å². The molecule has 0 unspecified atom stereocenters. The lowest BCUT2D eigenvalue weighted by Gasteiger charge is -2.11. The van der Waals surface area contributed by atoms with Crippen LogP contribution in [-0.4, -0.2) is 17.0 Å². The molecule has 0 radical (unpaired) electrons. The van der Waals surface area contributed by atoms with Gasteiger partial charge < -0.3 is 16.2 Å². The van der Waals surface area contributed by atoms with E-state index in [-0.39, 0.29) is 5.56 Å². The molecule has 0 aliphatic carbocycles. The maximum Gasteiger partial charge on any atom is 0.336 e. The smallest absolute Gasteiger partial charge is 0.336 e. The molecule has 0 spiro atoms. The van der Waals surface area contributed by atoms with Crippen LogP contribution in [0.2, 0.25) is 5.02 Å². The molecule has 108 valence electrons. The number of aryl methyl sites for hydroxylation is 1. The van der Waals surface area contributed by atoms with Gasteiger partial charge in [-0.05, 0) is 42.8 Å². The number of anilines is 2. The van der Waals surface area contributed by atoms with Crippen molar-refractivity contribution < 1.29 is 14.7 Å². The molecule has 0 saturated heterocycles. The SMILES string of the molecule is Cc1ccc(Nc2ccc(C(N)=O)cc2Cl)cc1C(=O)O. The predicted octanol–water partition coefficient (Wildman–Crippen LogP) is 3.19. The number of primary amides is 1. The van der Waals surface area contributed by atoms with Crippen LogP contribution in [0.15, 0.2) is 36.4 Å². The molecule has 0 aromatic heterocycles. The molecular weight excluding hydrogens is 292 g/mol. The fourth-order valence-corrected chi connectivity index (χ4v) is 2.08. The minimum Gasteiger partial charge on any atom is -0.478 e. The fourth-order valence-electron chi connectivity index (χ4n) is 1.86. The number of carboxylic acids is 1. The third kappa shape index (κ3) is 3.32. The van der Waals surface area contributed by atoms with Crippen LogP contribution < -0.4 is 11.1 Å². The standard InChI is InChI=1S/C15H13ClN2O3/c1-8-2-4-10(7-11(8)15(20)21)18-13-5-3-9(14(17)19)6-12(13)16/h2-7,18H,1H3,(H2,17,19)(H,20,21). The zero-order valence-corrected chi connectivity index (χ0v) is 11.9. The highest BCUT2D eigenvalue weighted by Crippen LogP contribution is 2.27. The number of carbonyl (C=O) groups is 2. The molecule has 5 nitrogen and oxygen atoms in total. The summed E-state index contributed by atoms with van der Waals surface area (Å²) in [6.07, 6.45) is 0. The molecule has 0 fully saturated rings. The van der Waals surface area contributed by atoms with Gasteiger partial charge in [0.25, 0.3) is 0 Å². The summed E-state index contributed by atoms with van der Waals surface area (Å²) in [5.41, 5.74) is 7.51. The van der Waals surface area contributed by atoms with Crippen molar-refractivity contribution in [1.29, 1.82) is 0 Å². The summed E-state index contributed by atoms with van der Waals surface area (Å²) in [7, 11) is 0. The summed E-state index contributed by atoms with van der Waals surface area (Å²) in [6.45, 7) is 1.72. The van der Waals surface area contributed by atoms with E-state index in [0.717, 1.165) is 0 Å². The lowest BCUT2D eigenvalue weighted by atomic mass is 10.1. The summed E-state index contributed by atoms with van der Waals surface area (Å²) >= 11 is 6.07. The van der Waals surface area contributed by atoms with Gasteiger partial charge in [0.05, 0.1) is 16.3 Å². The molecule has 0 aliphatic heterocycles. The molecule has 1 amide bonds. The number of nitrogens with two attached hydrogens (primary N) is 1. The Balaban J connectivity index is 2.32. The third-order valence-electron chi connectivity index (χ3n) is 3.00. The minimum atomic E-state index is -0.994. The second-order valence-corrected chi connectivity index (χ2v) is 4.93. The number of carboxylic acid groups (broad SMARTS) is 1. The van der Waals surface area contributed by atoms with Crippen LogP contribution >= 0.6 is 11.6 Å².